The zero-order chi connectivity index (χ0) is 22.3. The third-order valence-electron chi connectivity index (χ3n) is 6.63. The van der Waals surface area contributed by atoms with Gasteiger partial charge in [-0.25, -0.2) is 9.36 Å². The molecule has 2 saturated heterocycles. The van der Waals surface area contributed by atoms with Crippen LogP contribution < -0.4 is 11.2 Å². The van der Waals surface area contributed by atoms with Crippen molar-refractivity contribution < 1.29 is 23.4 Å². The van der Waals surface area contributed by atoms with E-state index >= 15 is 0 Å². The summed E-state index contributed by atoms with van der Waals surface area (Å²) in [4.78, 5) is 26.9. The number of aromatic amines is 1. The average molecular weight is 441 g/mol. The van der Waals surface area contributed by atoms with Crippen LogP contribution in [-0.2, 0) is 29.3 Å². The second kappa shape index (κ2) is 6.60. The van der Waals surface area contributed by atoms with E-state index in [1.54, 1.807) is 6.92 Å². The number of rotatable bonds is 3. The highest BCUT2D eigenvalue weighted by atomic mass is 28.4. The van der Waals surface area contributed by atoms with Gasteiger partial charge in [-0.2, -0.15) is 0 Å². The van der Waals surface area contributed by atoms with E-state index < -0.39 is 55.7 Å². The summed E-state index contributed by atoms with van der Waals surface area (Å²) in [5, 5.41) is 0.0381. The normalized spacial score (nSPS) is 35.1. The molecule has 3 aliphatic rings. The van der Waals surface area contributed by atoms with Gasteiger partial charge in [-0.15, -0.1) is 0 Å². The number of H-pyrrole nitrogens is 1. The van der Waals surface area contributed by atoms with Crippen molar-refractivity contribution in [1.29, 1.82) is 0 Å². The van der Waals surface area contributed by atoms with Crippen molar-refractivity contribution in [3.8, 4) is 0 Å². The lowest BCUT2D eigenvalue weighted by atomic mass is 10.1. The molecule has 5 atom stereocenters. The van der Waals surface area contributed by atoms with Crippen molar-refractivity contribution in [2.45, 2.75) is 95.8 Å². The molecule has 0 saturated carbocycles. The first-order valence-corrected chi connectivity index (χ1v) is 13.3. The Balaban J connectivity index is 1.72. The van der Waals surface area contributed by atoms with Crippen LogP contribution >= 0.6 is 0 Å². The SMILES string of the molecule is C[C@H]1O[C@@]2(O[C@H](CO[Si](C)(C)C(C)(C)C)[C@H]3OC(C)(C)O[C@H]32)n2c1cc(=O)[nH]c2=O. The van der Waals surface area contributed by atoms with Gasteiger partial charge in [0.2, 0.25) is 0 Å². The highest BCUT2D eigenvalue weighted by Gasteiger charge is 2.68. The van der Waals surface area contributed by atoms with Gasteiger partial charge in [-0.3, -0.25) is 9.78 Å². The zero-order valence-electron chi connectivity index (χ0n) is 18.9. The lowest BCUT2D eigenvalue weighted by molar-refractivity contribution is -0.335. The Labute approximate surface area is 176 Å². The van der Waals surface area contributed by atoms with Crippen LogP contribution in [0.15, 0.2) is 15.7 Å². The van der Waals surface area contributed by atoms with Crippen LogP contribution in [0.25, 0.3) is 0 Å². The lowest BCUT2D eigenvalue weighted by Gasteiger charge is -2.37. The minimum atomic E-state index is -2.04. The number of hydrogen-bond acceptors (Lipinski definition) is 7. The number of nitrogens with one attached hydrogen (secondary N) is 1. The van der Waals surface area contributed by atoms with Gasteiger partial charge in [0, 0.05) is 6.07 Å². The number of aromatic nitrogens is 2. The molecule has 30 heavy (non-hydrogen) atoms. The van der Waals surface area contributed by atoms with Gasteiger partial charge in [0.1, 0.15) is 18.3 Å². The monoisotopic (exact) mass is 440 g/mol. The van der Waals surface area contributed by atoms with Crippen molar-refractivity contribution in [2.24, 2.45) is 0 Å². The maximum atomic E-state index is 12.8. The smallest absolute Gasteiger partial charge is 0.332 e. The summed E-state index contributed by atoms with van der Waals surface area (Å²) >= 11 is 0. The first-order chi connectivity index (χ1) is 13.7. The van der Waals surface area contributed by atoms with Crippen LogP contribution in [0, 0.1) is 0 Å². The summed E-state index contributed by atoms with van der Waals surface area (Å²) in [6.45, 7) is 16.6. The molecule has 0 radical (unpaired) electrons. The highest BCUT2D eigenvalue weighted by Crippen LogP contribution is 2.52. The second-order valence-corrected chi connectivity index (χ2v) is 15.1. The fraction of sp³-hybridized carbons (Fsp3) is 0.800. The van der Waals surface area contributed by atoms with E-state index in [0.29, 0.717) is 12.3 Å². The van der Waals surface area contributed by atoms with Crippen LogP contribution in [0.1, 0.15) is 53.3 Å². The molecule has 1 aromatic heterocycles. The molecule has 0 unspecified atom stereocenters. The fourth-order valence-electron chi connectivity index (χ4n) is 4.11. The van der Waals surface area contributed by atoms with E-state index in [0.717, 1.165) is 0 Å². The first kappa shape index (κ1) is 21.9. The molecule has 1 aromatic rings. The van der Waals surface area contributed by atoms with Crippen LogP contribution in [0.3, 0.4) is 0 Å². The van der Waals surface area contributed by atoms with Gasteiger partial charge >= 0.3 is 5.69 Å². The van der Waals surface area contributed by atoms with Crippen LogP contribution in [-0.4, -0.2) is 48.6 Å². The topological polar surface area (TPSA) is 101 Å². The Morgan fingerprint density at radius 3 is 2.47 bits per heavy atom. The van der Waals surface area contributed by atoms with E-state index in [-0.39, 0.29) is 5.04 Å². The third-order valence-corrected chi connectivity index (χ3v) is 11.1. The average Bonchev–Trinajstić information content (AvgIpc) is 3.14. The van der Waals surface area contributed by atoms with Crippen molar-refractivity contribution in [3.05, 3.63) is 32.6 Å². The third kappa shape index (κ3) is 3.25. The Bertz CT molecular complexity index is 963. The molecule has 4 heterocycles. The van der Waals surface area contributed by atoms with Crippen LogP contribution in [0.5, 0.6) is 0 Å². The second-order valence-electron chi connectivity index (χ2n) is 10.3. The van der Waals surface area contributed by atoms with E-state index in [9.17, 15) is 9.59 Å². The van der Waals surface area contributed by atoms with Crippen molar-refractivity contribution >= 4 is 8.32 Å². The highest BCUT2D eigenvalue weighted by molar-refractivity contribution is 6.74. The van der Waals surface area contributed by atoms with Crippen molar-refractivity contribution in [1.82, 2.24) is 9.55 Å². The number of ether oxygens (including phenoxy) is 4. The molecule has 0 amide bonds. The van der Waals surface area contributed by atoms with E-state index in [2.05, 4.69) is 38.8 Å². The van der Waals surface area contributed by atoms with Gasteiger partial charge < -0.3 is 23.4 Å². The first-order valence-electron chi connectivity index (χ1n) is 10.4. The van der Waals surface area contributed by atoms with Crippen LogP contribution in [0.2, 0.25) is 18.1 Å². The summed E-state index contributed by atoms with van der Waals surface area (Å²) in [6.07, 6.45) is -2.19. The maximum absolute atomic E-state index is 12.8. The van der Waals surface area contributed by atoms with Crippen molar-refractivity contribution in [3.63, 3.8) is 0 Å². The molecular formula is C20H32N2O7Si. The predicted molar refractivity (Wildman–Crippen MR) is 111 cm³/mol. The number of fused-ring (bicyclic) bond motifs is 4. The maximum Gasteiger partial charge on any atom is 0.332 e. The Morgan fingerprint density at radius 1 is 1.17 bits per heavy atom. The summed E-state index contributed by atoms with van der Waals surface area (Å²) in [7, 11) is -2.04. The molecule has 168 valence electrons. The van der Waals surface area contributed by atoms with Gasteiger partial charge in [0.15, 0.2) is 20.2 Å². The van der Waals surface area contributed by atoms with E-state index in [1.165, 1.54) is 10.6 Å². The molecule has 3 aliphatic heterocycles. The Kier molecular flexibility index (Phi) is 4.82. The van der Waals surface area contributed by atoms with Crippen LogP contribution in [0.4, 0.5) is 0 Å². The molecular weight excluding hydrogens is 408 g/mol. The minimum absolute atomic E-state index is 0.0381. The number of nitrogens with zero attached hydrogens (tertiary/aromatic N) is 1. The number of hydrogen-bond donors (Lipinski definition) is 1. The molecule has 0 aliphatic carbocycles. The minimum Gasteiger partial charge on any atom is -0.414 e. The summed E-state index contributed by atoms with van der Waals surface area (Å²) in [5.41, 5.74) is -0.628. The molecule has 10 heteroatoms. The van der Waals surface area contributed by atoms with Crippen molar-refractivity contribution in [2.75, 3.05) is 6.61 Å². The molecule has 9 nitrogen and oxygen atoms in total. The van der Waals surface area contributed by atoms with Gasteiger partial charge in [-0.05, 0) is 38.9 Å². The fourth-order valence-corrected chi connectivity index (χ4v) is 5.12. The molecule has 4 rings (SSSR count). The summed E-state index contributed by atoms with van der Waals surface area (Å²) < 4.78 is 32.6. The molecule has 1 N–H and O–H groups in total. The van der Waals surface area contributed by atoms with E-state index in [4.69, 9.17) is 23.4 Å². The van der Waals surface area contributed by atoms with Gasteiger partial charge in [0.05, 0.1) is 12.3 Å². The Hall–Kier alpha value is -1.30. The van der Waals surface area contributed by atoms with Gasteiger partial charge in [0.25, 0.3) is 11.5 Å². The van der Waals surface area contributed by atoms with Gasteiger partial charge in [-0.1, -0.05) is 20.8 Å². The van der Waals surface area contributed by atoms with E-state index in [1.807, 2.05) is 13.8 Å². The molecule has 2 fully saturated rings. The Morgan fingerprint density at radius 2 is 1.83 bits per heavy atom. The lowest BCUT2D eigenvalue weighted by Crippen LogP contribution is -2.50. The zero-order valence-corrected chi connectivity index (χ0v) is 19.9. The summed E-state index contributed by atoms with van der Waals surface area (Å²) in [5.74, 6) is -2.39. The largest absolute Gasteiger partial charge is 0.414 e. The molecule has 1 spiro atoms. The molecule has 0 aromatic carbocycles. The predicted octanol–water partition coefficient (Wildman–Crippen LogP) is 2.18. The standard InChI is InChI=1S/C20H32N2O7Si/c1-11-12-9-14(23)21-17(24)22(12)20(26-11)16-15(28-19(5,6)29-16)13(27-20)10-25-30(7,8)18(2,3)4/h9,11,13,15-16H,10H2,1-8H3,(H,21,23,24)/t11-,13-,15-,16-,20+/m1/s1. The summed E-state index contributed by atoms with van der Waals surface area (Å²) in [6, 6.07) is 1.36. The quantitative estimate of drug-likeness (QED) is 0.719. The molecule has 0 bridgehead atoms.